The second-order valence-electron chi connectivity index (χ2n) is 9.40. The summed E-state index contributed by atoms with van der Waals surface area (Å²) in [6.45, 7) is 8.28. The van der Waals surface area contributed by atoms with Crippen LogP contribution in [0.25, 0.3) is 0 Å². The number of carbonyl (C=O) groups excluding carboxylic acids is 2. The Labute approximate surface area is 207 Å². The summed E-state index contributed by atoms with van der Waals surface area (Å²) in [6.07, 6.45) is 3.05. The van der Waals surface area contributed by atoms with E-state index < -0.39 is 6.10 Å². The number of nitrogens with zero attached hydrogens (tertiary/aromatic N) is 4. The minimum atomic E-state index is -0.409. The highest BCUT2D eigenvalue weighted by atomic mass is 16.5. The summed E-state index contributed by atoms with van der Waals surface area (Å²) < 4.78 is 6.25. The maximum Gasteiger partial charge on any atom is 0.259 e. The molecule has 186 valence electrons. The van der Waals surface area contributed by atoms with Crippen molar-refractivity contribution in [2.75, 3.05) is 26.7 Å². The molecule has 3 atom stereocenters. The van der Waals surface area contributed by atoms with E-state index in [0.29, 0.717) is 29.9 Å². The minimum absolute atomic E-state index is 0.0780. The van der Waals surface area contributed by atoms with E-state index in [-0.39, 0.29) is 48.6 Å². The first-order valence-electron chi connectivity index (χ1n) is 11.9. The quantitative estimate of drug-likeness (QED) is 0.641. The molecule has 1 N–H and O–H groups in total. The van der Waals surface area contributed by atoms with Gasteiger partial charge in [-0.05, 0) is 25.1 Å². The molecule has 0 aromatic carbocycles. The molecule has 35 heavy (non-hydrogen) atoms. The average Bonchev–Trinajstić information content (AvgIpc) is 2.84. The molecule has 0 bridgehead atoms. The molecule has 2 aromatic rings. The van der Waals surface area contributed by atoms with Crippen molar-refractivity contribution < 1.29 is 19.4 Å². The molecule has 0 saturated heterocycles. The van der Waals surface area contributed by atoms with E-state index in [1.54, 1.807) is 42.2 Å². The Bertz CT molecular complexity index is 1090. The van der Waals surface area contributed by atoms with Gasteiger partial charge in [0.05, 0.1) is 25.6 Å². The van der Waals surface area contributed by atoms with Crippen LogP contribution >= 0.6 is 0 Å². The smallest absolute Gasteiger partial charge is 0.259 e. The fourth-order valence-corrected chi connectivity index (χ4v) is 3.78. The largest absolute Gasteiger partial charge is 0.472 e. The van der Waals surface area contributed by atoms with Crippen LogP contribution < -0.4 is 4.74 Å². The van der Waals surface area contributed by atoms with Gasteiger partial charge in [0, 0.05) is 49.1 Å². The van der Waals surface area contributed by atoms with E-state index in [1.807, 2.05) is 39.0 Å². The molecule has 8 heteroatoms. The van der Waals surface area contributed by atoms with Crippen molar-refractivity contribution in [1.29, 1.82) is 0 Å². The highest BCUT2D eigenvalue weighted by Gasteiger charge is 2.34. The van der Waals surface area contributed by atoms with E-state index in [2.05, 4.69) is 21.8 Å². The zero-order chi connectivity index (χ0) is 25.5. The number of ether oxygens (including phenoxy) is 1. The average molecular weight is 479 g/mol. The molecule has 1 aliphatic rings. The van der Waals surface area contributed by atoms with Gasteiger partial charge in [-0.25, -0.2) is 4.98 Å². The van der Waals surface area contributed by atoms with Crippen LogP contribution in [-0.4, -0.2) is 75.6 Å². The maximum absolute atomic E-state index is 13.4. The third-order valence-electron chi connectivity index (χ3n) is 5.96. The van der Waals surface area contributed by atoms with Crippen LogP contribution in [0.1, 0.15) is 49.3 Å². The first kappa shape index (κ1) is 26.2. The van der Waals surface area contributed by atoms with Gasteiger partial charge >= 0.3 is 0 Å². The molecule has 3 rings (SSSR count). The lowest BCUT2D eigenvalue weighted by Gasteiger charge is -2.37. The molecule has 2 aromatic heterocycles. The summed E-state index contributed by atoms with van der Waals surface area (Å²) >= 11 is 0. The molecule has 0 spiro atoms. The summed E-state index contributed by atoms with van der Waals surface area (Å²) in [5, 5.41) is 9.80. The molecule has 0 fully saturated rings. The van der Waals surface area contributed by atoms with Crippen molar-refractivity contribution in [2.24, 2.45) is 11.8 Å². The van der Waals surface area contributed by atoms with Gasteiger partial charge in [0.1, 0.15) is 11.7 Å². The van der Waals surface area contributed by atoms with Crippen LogP contribution in [0.5, 0.6) is 5.88 Å². The summed E-state index contributed by atoms with van der Waals surface area (Å²) in [7, 11) is 1.73. The van der Waals surface area contributed by atoms with E-state index in [1.165, 1.54) is 0 Å². The zero-order valence-corrected chi connectivity index (χ0v) is 21.1. The van der Waals surface area contributed by atoms with Crippen LogP contribution in [0.4, 0.5) is 0 Å². The molecule has 0 unspecified atom stereocenters. The number of aromatic nitrogens is 2. The normalized spacial score (nSPS) is 18.5. The second-order valence-corrected chi connectivity index (χ2v) is 9.40. The van der Waals surface area contributed by atoms with Gasteiger partial charge in [-0.1, -0.05) is 38.7 Å². The number of pyridine rings is 2. The van der Waals surface area contributed by atoms with E-state index in [0.717, 1.165) is 0 Å². The fraction of sp³-hybridized carbons (Fsp3) is 0.481. The van der Waals surface area contributed by atoms with Crippen molar-refractivity contribution in [3.05, 3.63) is 53.5 Å². The molecule has 0 radical (unpaired) electrons. The van der Waals surface area contributed by atoms with Gasteiger partial charge in [0.25, 0.3) is 5.91 Å². The number of amides is 2. The highest BCUT2D eigenvalue weighted by molar-refractivity contribution is 5.97. The van der Waals surface area contributed by atoms with Crippen LogP contribution in [-0.2, 0) is 11.2 Å². The van der Waals surface area contributed by atoms with E-state index in [4.69, 9.17) is 4.74 Å². The Balaban J connectivity index is 1.89. The molecule has 8 nitrogen and oxygen atoms in total. The van der Waals surface area contributed by atoms with Gasteiger partial charge in [-0.3, -0.25) is 14.6 Å². The highest BCUT2D eigenvalue weighted by Crippen LogP contribution is 2.27. The van der Waals surface area contributed by atoms with Gasteiger partial charge in [0.2, 0.25) is 11.8 Å². The maximum atomic E-state index is 13.4. The van der Waals surface area contributed by atoms with Gasteiger partial charge < -0.3 is 19.6 Å². The standard InChI is InChI=1S/C27H34N4O4/c1-18(2)9-10-21-12-23-26(29-14-21)35-24(19(3)15-31(27(23)34)20(4)17-32)16-30(5)25(33)13-22-8-6-7-11-28-22/h6-8,11-12,14,18-20,24,32H,13,15-17H2,1-5H3/t19-,20+,24+/m0/s1. The number of carbonyl (C=O) groups is 2. The lowest BCUT2D eigenvalue weighted by atomic mass is 9.99. The fourth-order valence-electron chi connectivity index (χ4n) is 3.78. The first-order chi connectivity index (χ1) is 16.7. The third-order valence-corrected chi connectivity index (χ3v) is 5.96. The van der Waals surface area contributed by atoms with Gasteiger partial charge in [0.15, 0.2) is 0 Å². The Morgan fingerprint density at radius 2 is 2.09 bits per heavy atom. The van der Waals surface area contributed by atoms with E-state index in [9.17, 15) is 14.7 Å². The van der Waals surface area contributed by atoms with Crippen molar-refractivity contribution in [3.8, 4) is 17.7 Å². The monoisotopic (exact) mass is 478 g/mol. The van der Waals surface area contributed by atoms with Gasteiger partial charge in [-0.15, -0.1) is 0 Å². The zero-order valence-electron chi connectivity index (χ0n) is 21.1. The number of fused-ring (bicyclic) bond motifs is 1. The lowest BCUT2D eigenvalue weighted by Crippen LogP contribution is -2.50. The molecule has 3 heterocycles. The molecule has 0 aliphatic carbocycles. The number of likely N-dealkylation sites (N-methyl/N-ethyl adjacent to an activating group) is 1. The van der Waals surface area contributed by atoms with Crippen LogP contribution in [0.15, 0.2) is 36.7 Å². The molecule has 1 aliphatic heterocycles. The Morgan fingerprint density at radius 1 is 1.31 bits per heavy atom. The first-order valence-corrected chi connectivity index (χ1v) is 11.9. The predicted molar refractivity (Wildman–Crippen MR) is 133 cm³/mol. The predicted octanol–water partition coefficient (Wildman–Crippen LogP) is 2.41. The number of hydrogen-bond donors (Lipinski definition) is 1. The number of hydrogen-bond acceptors (Lipinski definition) is 6. The molecule has 0 saturated carbocycles. The summed E-state index contributed by atoms with van der Waals surface area (Å²) in [5.41, 5.74) is 1.63. The Kier molecular flexibility index (Phi) is 8.83. The lowest BCUT2D eigenvalue weighted by molar-refractivity contribution is -0.130. The van der Waals surface area contributed by atoms with Crippen LogP contribution in [0.2, 0.25) is 0 Å². The summed E-state index contributed by atoms with van der Waals surface area (Å²) in [6, 6.07) is 6.80. The second kappa shape index (κ2) is 11.8. The summed E-state index contributed by atoms with van der Waals surface area (Å²) in [4.78, 5) is 38.2. The summed E-state index contributed by atoms with van der Waals surface area (Å²) in [5.74, 6) is 6.08. The van der Waals surface area contributed by atoms with Crippen molar-refractivity contribution in [3.63, 3.8) is 0 Å². The SMILES string of the molecule is CC(C)C#Cc1cnc2c(c1)C(=O)N([C@H](C)CO)C[C@H](C)[C@@H](CN(C)C(=O)Cc1ccccn1)O2. The van der Waals surface area contributed by atoms with Crippen molar-refractivity contribution in [2.45, 2.75) is 46.3 Å². The third kappa shape index (κ3) is 6.80. The van der Waals surface area contributed by atoms with Gasteiger partial charge in [-0.2, -0.15) is 0 Å². The Hall–Kier alpha value is -3.44. The number of rotatable bonds is 6. The number of aliphatic hydroxyl groups excluding tert-OH is 1. The van der Waals surface area contributed by atoms with E-state index >= 15 is 0 Å². The van der Waals surface area contributed by atoms with Crippen molar-refractivity contribution in [1.82, 2.24) is 19.8 Å². The van der Waals surface area contributed by atoms with Crippen LogP contribution in [0, 0.1) is 23.7 Å². The number of aliphatic hydroxyl groups is 1. The van der Waals surface area contributed by atoms with Crippen molar-refractivity contribution >= 4 is 11.8 Å². The molecule has 2 amide bonds. The topological polar surface area (TPSA) is 95.9 Å². The molecular formula is C27H34N4O4. The van der Waals surface area contributed by atoms with Crippen LogP contribution in [0.3, 0.4) is 0 Å². The Morgan fingerprint density at radius 3 is 2.74 bits per heavy atom. The minimum Gasteiger partial charge on any atom is -0.472 e. The molecular weight excluding hydrogens is 444 g/mol.